The predicted octanol–water partition coefficient (Wildman–Crippen LogP) is 5.02. The van der Waals surface area contributed by atoms with Crippen molar-refractivity contribution in [3.05, 3.63) is 23.1 Å². The fourth-order valence-corrected chi connectivity index (χ4v) is 5.92. The maximum atomic E-state index is 6.11. The van der Waals surface area contributed by atoms with E-state index in [0.29, 0.717) is 12.5 Å². The molecule has 0 amide bonds. The molecule has 1 saturated carbocycles. The Balaban J connectivity index is 1.58. The van der Waals surface area contributed by atoms with Gasteiger partial charge < -0.3 is 28.6 Å². The van der Waals surface area contributed by atoms with Gasteiger partial charge in [0.25, 0.3) is 5.88 Å². The van der Waals surface area contributed by atoms with Crippen molar-refractivity contribution in [3.8, 4) is 28.6 Å². The van der Waals surface area contributed by atoms with E-state index in [0.717, 1.165) is 77.3 Å². The van der Waals surface area contributed by atoms with Gasteiger partial charge in [0.2, 0.25) is 0 Å². The molecule has 8 nitrogen and oxygen atoms in total. The number of fused-ring (bicyclic) bond motifs is 1. The Labute approximate surface area is 210 Å². The maximum Gasteiger partial charge on any atom is 0.258 e. The molecule has 1 unspecified atom stereocenters. The van der Waals surface area contributed by atoms with E-state index in [9.17, 15) is 0 Å². The third kappa shape index (κ3) is 4.94. The number of hydrogen-bond donors (Lipinski definition) is 0. The summed E-state index contributed by atoms with van der Waals surface area (Å²) in [5, 5.41) is 7.02. The van der Waals surface area contributed by atoms with Crippen LogP contribution in [-0.4, -0.2) is 63.9 Å². The Morgan fingerprint density at radius 1 is 1.03 bits per heavy atom. The molecular formula is C26H35N3O5S. The normalized spacial score (nSPS) is 18.1. The number of aromatic nitrogens is 2. The highest BCUT2D eigenvalue weighted by Gasteiger charge is 2.32. The van der Waals surface area contributed by atoms with Crippen molar-refractivity contribution in [2.75, 3.05) is 53.0 Å². The number of ether oxygens (including phenoxy) is 5. The number of benzene rings is 1. The van der Waals surface area contributed by atoms with E-state index in [1.807, 2.05) is 16.6 Å². The van der Waals surface area contributed by atoms with Crippen LogP contribution in [0.25, 0.3) is 16.1 Å². The summed E-state index contributed by atoms with van der Waals surface area (Å²) in [4.78, 5) is 3.50. The summed E-state index contributed by atoms with van der Waals surface area (Å²) in [6, 6.07) is 3.98. The molecule has 1 aliphatic heterocycles. The van der Waals surface area contributed by atoms with Gasteiger partial charge in [-0.05, 0) is 55.7 Å². The number of methoxy groups -OCH3 is 4. The highest BCUT2D eigenvalue weighted by molar-refractivity contribution is 7.16. The molecule has 1 saturated heterocycles. The first-order chi connectivity index (χ1) is 17.2. The molecule has 2 aliphatic rings. The Morgan fingerprint density at radius 3 is 2.40 bits per heavy atom. The van der Waals surface area contributed by atoms with E-state index in [1.54, 1.807) is 39.8 Å². The molecule has 5 rings (SSSR count). The van der Waals surface area contributed by atoms with Crippen LogP contribution in [0.15, 0.2) is 17.5 Å². The van der Waals surface area contributed by atoms with Crippen LogP contribution in [0.3, 0.4) is 0 Å². The molecule has 0 bridgehead atoms. The van der Waals surface area contributed by atoms with Crippen molar-refractivity contribution in [1.82, 2.24) is 9.61 Å². The van der Waals surface area contributed by atoms with Crippen LogP contribution < -0.4 is 19.1 Å². The minimum Gasteiger partial charge on any atom is -0.496 e. The van der Waals surface area contributed by atoms with Crippen LogP contribution in [0, 0.1) is 5.92 Å². The van der Waals surface area contributed by atoms with Gasteiger partial charge >= 0.3 is 0 Å². The lowest BCUT2D eigenvalue weighted by Crippen LogP contribution is -2.37. The molecule has 3 aromatic rings. The second kappa shape index (κ2) is 10.6. The second-order valence-corrected chi connectivity index (χ2v) is 10.2. The maximum absolute atomic E-state index is 6.11. The van der Waals surface area contributed by atoms with E-state index in [2.05, 4.69) is 10.3 Å². The van der Waals surface area contributed by atoms with Crippen molar-refractivity contribution in [1.29, 1.82) is 0 Å². The average Bonchev–Trinajstić information content (AvgIpc) is 3.49. The molecule has 2 fully saturated rings. The molecule has 0 radical (unpaired) electrons. The Bertz CT molecular complexity index is 1120. The molecule has 1 atom stereocenters. The predicted molar refractivity (Wildman–Crippen MR) is 137 cm³/mol. The standard InChI is InChI=1S/C26H35N3O5S/c1-30-15-18-11-21(31-2)23(22(12-18)32-3)20-16-35-26-24(25(33-4)27-29(20)26)28(13-17-8-9-17)14-19-7-5-6-10-34-19/h11-12,16-17,19H,5-10,13-15H2,1-4H3. The van der Waals surface area contributed by atoms with Crippen LogP contribution >= 0.6 is 11.3 Å². The molecule has 190 valence electrons. The van der Waals surface area contributed by atoms with Gasteiger partial charge in [0.15, 0.2) is 0 Å². The van der Waals surface area contributed by atoms with Crippen molar-refractivity contribution in [3.63, 3.8) is 0 Å². The van der Waals surface area contributed by atoms with E-state index >= 15 is 0 Å². The van der Waals surface area contributed by atoms with Gasteiger partial charge in [0, 0.05) is 32.2 Å². The van der Waals surface area contributed by atoms with Gasteiger partial charge in [-0.3, -0.25) is 0 Å². The van der Waals surface area contributed by atoms with Crippen LogP contribution in [0.2, 0.25) is 0 Å². The molecule has 35 heavy (non-hydrogen) atoms. The third-order valence-electron chi connectivity index (χ3n) is 6.81. The van der Waals surface area contributed by atoms with Gasteiger partial charge in [0.1, 0.15) is 22.0 Å². The van der Waals surface area contributed by atoms with Gasteiger partial charge in [0.05, 0.1) is 45.3 Å². The Kier molecular flexibility index (Phi) is 7.36. The summed E-state index contributed by atoms with van der Waals surface area (Å²) >= 11 is 1.66. The highest BCUT2D eigenvalue weighted by Crippen LogP contribution is 2.46. The minimum atomic E-state index is 0.245. The van der Waals surface area contributed by atoms with Crippen LogP contribution in [0.4, 0.5) is 5.69 Å². The fraction of sp³-hybridized carbons (Fsp3) is 0.577. The zero-order chi connectivity index (χ0) is 24.4. The Hall–Kier alpha value is -2.49. The summed E-state index contributed by atoms with van der Waals surface area (Å²) < 4.78 is 30.8. The molecule has 3 heterocycles. The van der Waals surface area contributed by atoms with Crippen LogP contribution in [0.1, 0.15) is 37.7 Å². The summed E-state index contributed by atoms with van der Waals surface area (Å²) in [5.74, 6) is 2.81. The van der Waals surface area contributed by atoms with E-state index < -0.39 is 0 Å². The topological polar surface area (TPSA) is 66.7 Å². The first-order valence-electron chi connectivity index (χ1n) is 12.3. The monoisotopic (exact) mass is 501 g/mol. The van der Waals surface area contributed by atoms with Gasteiger partial charge in [-0.15, -0.1) is 16.4 Å². The van der Waals surface area contributed by atoms with Crippen molar-refractivity contribution in [2.45, 2.75) is 44.8 Å². The van der Waals surface area contributed by atoms with E-state index in [1.165, 1.54) is 19.3 Å². The molecule has 9 heteroatoms. The molecule has 1 aromatic carbocycles. The first-order valence-corrected chi connectivity index (χ1v) is 13.2. The average molecular weight is 502 g/mol. The van der Waals surface area contributed by atoms with Crippen molar-refractivity contribution >= 4 is 21.9 Å². The number of nitrogens with zero attached hydrogens (tertiary/aromatic N) is 3. The fourth-order valence-electron chi connectivity index (χ4n) is 4.91. The van der Waals surface area contributed by atoms with Crippen LogP contribution in [-0.2, 0) is 16.1 Å². The second-order valence-electron chi connectivity index (χ2n) is 9.34. The smallest absolute Gasteiger partial charge is 0.258 e. The van der Waals surface area contributed by atoms with Gasteiger partial charge in [-0.2, -0.15) is 0 Å². The molecular weight excluding hydrogens is 466 g/mol. The van der Waals surface area contributed by atoms with Gasteiger partial charge in [-0.25, -0.2) is 4.52 Å². The SMILES string of the molecule is COCc1cc(OC)c(-c2csc3c(N(CC4CC4)CC4CCCCO4)c(OC)nn23)c(OC)c1. The largest absolute Gasteiger partial charge is 0.496 e. The summed E-state index contributed by atoms with van der Waals surface area (Å²) in [6.45, 7) is 3.19. The zero-order valence-electron chi connectivity index (χ0n) is 21.0. The highest BCUT2D eigenvalue weighted by atomic mass is 32.1. The lowest BCUT2D eigenvalue weighted by atomic mass is 10.1. The molecule has 2 aromatic heterocycles. The van der Waals surface area contributed by atoms with E-state index in [4.69, 9.17) is 28.8 Å². The summed E-state index contributed by atoms with van der Waals surface area (Å²) in [6.07, 6.45) is 6.30. The first kappa shape index (κ1) is 24.2. The minimum absolute atomic E-state index is 0.245. The zero-order valence-corrected chi connectivity index (χ0v) is 21.9. The third-order valence-corrected chi connectivity index (χ3v) is 7.75. The molecule has 1 aliphatic carbocycles. The number of hydrogen-bond acceptors (Lipinski definition) is 8. The lowest BCUT2D eigenvalue weighted by molar-refractivity contribution is 0.0209. The van der Waals surface area contributed by atoms with Crippen LogP contribution in [0.5, 0.6) is 17.4 Å². The number of rotatable bonds is 11. The number of thiazole rings is 1. The summed E-state index contributed by atoms with van der Waals surface area (Å²) in [7, 11) is 6.73. The lowest BCUT2D eigenvalue weighted by Gasteiger charge is -2.31. The number of anilines is 1. The summed E-state index contributed by atoms with van der Waals surface area (Å²) in [5.41, 5.74) is 3.81. The Morgan fingerprint density at radius 2 is 1.80 bits per heavy atom. The molecule has 0 spiro atoms. The van der Waals surface area contributed by atoms with Gasteiger partial charge in [-0.1, -0.05) is 0 Å². The van der Waals surface area contributed by atoms with Crippen molar-refractivity contribution < 1.29 is 23.7 Å². The van der Waals surface area contributed by atoms with E-state index in [-0.39, 0.29) is 6.10 Å². The quantitative estimate of drug-likeness (QED) is 0.365. The molecule has 0 N–H and O–H groups in total. The van der Waals surface area contributed by atoms with Crippen molar-refractivity contribution in [2.24, 2.45) is 5.92 Å².